The zero-order valence-electron chi connectivity index (χ0n) is 9.03. The molecule has 0 aliphatic carbocycles. The molecule has 1 saturated heterocycles. The van der Waals surface area contributed by atoms with Crippen molar-refractivity contribution < 1.29 is 4.79 Å². The summed E-state index contributed by atoms with van der Waals surface area (Å²) >= 11 is 11.8. The van der Waals surface area contributed by atoms with Gasteiger partial charge in [-0.15, -0.1) is 12.4 Å². The molecule has 1 amide bonds. The Balaban J connectivity index is 0.00000144. The van der Waals surface area contributed by atoms with Crippen molar-refractivity contribution in [2.45, 2.75) is 12.5 Å². The van der Waals surface area contributed by atoms with Crippen molar-refractivity contribution >= 4 is 41.5 Å². The third kappa shape index (κ3) is 3.26. The Morgan fingerprint density at radius 3 is 2.71 bits per heavy atom. The van der Waals surface area contributed by atoms with Gasteiger partial charge in [-0.1, -0.05) is 23.2 Å². The van der Waals surface area contributed by atoms with Gasteiger partial charge in [0.15, 0.2) is 0 Å². The Morgan fingerprint density at radius 1 is 1.41 bits per heavy atom. The first-order chi connectivity index (χ1) is 7.58. The molecule has 94 valence electrons. The zero-order valence-corrected chi connectivity index (χ0v) is 11.4. The van der Waals surface area contributed by atoms with Gasteiger partial charge >= 0.3 is 0 Å². The number of halogens is 3. The van der Waals surface area contributed by atoms with Crippen molar-refractivity contribution in [2.24, 2.45) is 5.73 Å². The number of rotatable bonds is 1. The van der Waals surface area contributed by atoms with Crippen LogP contribution in [0.4, 0.5) is 0 Å². The lowest BCUT2D eigenvalue weighted by Crippen LogP contribution is -2.32. The van der Waals surface area contributed by atoms with Crippen LogP contribution in [0.3, 0.4) is 0 Å². The highest BCUT2D eigenvalue weighted by Gasteiger charge is 2.25. The lowest BCUT2D eigenvalue weighted by molar-refractivity contribution is 0.0791. The number of likely N-dealkylation sites (tertiary alicyclic amines) is 1. The summed E-state index contributed by atoms with van der Waals surface area (Å²) in [7, 11) is 0. The minimum Gasteiger partial charge on any atom is -0.337 e. The van der Waals surface area contributed by atoms with E-state index >= 15 is 0 Å². The van der Waals surface area contributed by atoms with Crippen LogP contribution >= 0.6 is 35.6 Å². The SMILES string of the molecule is Cl.N[C@H]1CCN(C(=O)c2cc(Cl)ccc2Cl)C1. The van der Waals surface area contributed by atoms with Crippen LogP contribution in [-0.2, 0) is 0 Å². The van der Waals surface area contributed by atoms with Crippen molar-refractivity contribution in [3.8, 4) is 0 Å². The van der Waals surface area contributed by atoms with Crippen LogP contribution in [0, 0.1) is 0 Å². The first kappa shape index (κ1) is 14.6. The Bertz CT molecular complexity index is 425. The molecule has 3 nitrogen and oxygen atoms in total. The van der Waals surface area contributed by atoms with Crippen molar-refractivity contribution in [3.63, 3.8) is 0 Å². The molecule has 0 aromatic heterocycles. The van der Waals surface area contributed by atoms with Crippen molar-refractivity contribution in [1.82, 2.24) is 4.90 Å². The maximum absolute atomic E-state index is 12.1. The molecular weight excluding hydrogens is 282 g/mol. The number of nitrogens with two attached hydrogens (primary N) is 1. The monoisotopic (exact) mass is 294 g/mol. The van der Waals surface area contributed by atoms with Gasteiger partial charge < -0.3 is 10.6 Å². The second kappa shape index (κ2) is 5.91. The van der Waals surface area contributed by atoms with Gasteiger partial charge in [-0.2, -0.15) is 0 Å². The van der Waals surface area contributed by atoms with Crippen LogP contribution in [0.2, 0.25) is 10.0 Å². The third-order valence-electron chi connectivity index (χ3n) is 2.67. The maximum atomic E-state index is 12.1. The van der Waals surface area contributed by atoms with E-state index in [-0.39, 0.29) is 24.4 Å². The van der Waals surface area contributed by atoms with Gasteiger partial charge in [0.2, 0.25) is 0 Å². The number of carbonyl (C=O) groups excluding carboxylic acids is 1. The first-order valence-electron chi connectivity index (χ1n) is 5.08. The predicted molar refractivity (Wildman–Crippen MR) is 72.2 cm³/mol. The summed E-state index contributed by atoms with van der Waals surface area (Å²) in [5.41, 5.74) is 6.20. The van der Waals surface area contributed by atoms with E-state index in [1.165, 1.54) is 0 Å². The summed E-state index contributed by atoms with van der Waals surface area (Å²) in [6.07, 6.45) is 0.837. The van der Waals surface area contributed by atoms with Gasteiger partial charge in [0.05, 0.1) is 10.6 Å². The minimum absolute atomic E-state index is 0. The molecule has 17 heavy (non-hydrogen) atoms. The number of hydrogen-bond donors (Lipinski definition) is 1. The van der Waals surface area contributed by atoms with E-state index in [4.69, 9.17) is 28.9 Å². The molecule has 1 atom stereocenters. The molecule has 0 unspecified atom stereocenters. The number of benzene rings is 1. The lowest BCUT2D eigenvalue weighted by Gasteiger charge is -2.16. The third-order valence-corrected chi connectivity index (χ3v) is 3.24. The number of nitrogens with zero attached hydrogens (tertiary/aromatic N) is 1. The van der Waals surface area contributed by atoms with E-state index in [1.54, 1.807) is 23.1 Å². The van der Waals surface area contributed by atoms with Crippen LogP contribution in [0.15, 0.2) is 18.2 Å². The standard InChI is InChI=1S/C11H12Cl2N2O.ClH/c12-7-1-2-10(13)9(5-7)11(16)15-4-3-8(14)6-15;/h1-2,5,8H,3-4,6,14H2;1H/t8-;/m0./s1. The van der Waals surface area contributed by atoms with Gasteiger partial charge in [0.1, 0.15) is 0 Å². The van der Waals surface area contributed by atoms with Crippen LogP contribution in [-0.4, -0.2) is 29.9 Å². The average molecular weight is 296 g/mol. The van der Waals surface area contributed by atoms with E-state index in [0.29, 0.717) is 28.7 Å². The lowest BCUT2D eigenvalue weighted by atomic mass is 10.2. The van der Waals surface area contributed by atoms with Gasteiger partial charge in [0.25, 0.3) is 5.91 Å². The number of hydrogen-bond acceptors (Lipinski definition) is 2. The molecular formula is C11H13Cl3N2O. The molecule has 1 aromatic rings. The van der Waals surface area contributed by atoms with Crippen LogP contribution in [0.5, 0.6) is 0 Å². The number of carbonyl (C=O) groups is 1. The van der Waals surface area contributed by atoms with Gasteiger partial charge in [0, 0.05) is 24.2 Å². The summed E-state index contributed by atoms with van der Waals surface area (Å²) in [4.78, 5) is 13.8. The van der Waals surface area contributed by atoms with E-state index in [9.17, 15) is 4.79 Å². The summed E-state index contributed by atoms with van der Waals surface area (Å²) in [5.74, 6) is -0.0968. The Labute approximate surface area is 116 Å². The molecule has 0 saturated carbocycles. The van der Waals surface area contributed by atoms with Crippen LogP contribution < -0.4 is 5.73 Å². The average Bonchev–Trinajstić information content (AvgIpc) is 2.67. The minimum atomic E-state index is -0.0968. The normalized spacial score (nSPS) is 19.0. The fraction of sp³-hybridized carbons (Fsp3) is 0.364. The fourth-order valence-corrected chi connectivity index (χ4v) is 2.17. The van der Waals surface area contributed by atoms with Crippen LogP contribution in [0.1, 0.15) is 16.8 Å². The summed E-state index contributed by atoms with van der Waals surface area (Å²) in [5, 5.41) is 0.936. The molecule has 6 heteroatoms. The predicted octanol–water partition coefficient (Wildman–Crippen LogP) is 2.59. The molecule has 1 aromatic carbocycles. The molecule has 1 fully saturated rings. The van der Waals surface area contributed by atoms with E-state index < -0.39 is 0 Å². The Morgan fingerprint density at radius 2 is 2.12 bits per heavy atom. The second-order valence-corrected chi connectivity index (χ2v) is 4.77. The highest BCUT2D eigenvalue weighted by atomic mass is 35.5. The topological polar surface area (TPSA) is 46.3 Å². The van der Waals surface area contributed by atoms with E-state index in [2.05, 4.69) is 0 Å². The Kier molecular flexibility index (Phi) is 5.07. The molecule has 1 aliphatic rings. The first-order valence-corrected chi connectivity index (χ1v) is 5.83. The fourth-order valence-electron chi connectivity index (χ4n) is 1.80. The molecule has 0 spiro atoms. The Hall–Kier alpha value is -0.480. The molecule has 2 rings (SSSR count). The molecule has 1 heterocycles. The van der Waals surface area contributed by atoms with Gasteiger partial charge in [-0.3, -0.25) is 4.79 Å². The highest BCUT2D eigenvalue weighted by molar-refractivity contribution is 6.35. The van der Waals surface area contributed by atoms with E-state index in [0.717, 1.165) is 6.42 Å². The van der Waals surface area contributed by atoms with Crippen molar-refractivity contribution in [1.29, 1.82) is 0 Å². The molecule has 0 bridgehead atoms. The quantitative estimate of drug-likeness (QED) is 0.865. The van der Waals surface area contributed by atoms with Crippen molar-refractivity contribution in [2.75, 3.05) is 13.1 Å². The summed E-state index contributed by atoms with van der Waals surface area (Å²) < 4.78 is 0. The molecule has 0 radical (unpaired) electrons. The molecule has 1 aliphatic heterocycles. The van der Waals surface area contributed by atoms with Gasteiger partial charge in [-0.25, -0.2) is 0 Å². The highest BCUT2D eigenvalue weighted by Crippen LogP contribution is 2.23. The molecule has 2 N–H and O–H groups in total. The van der Waals surface area contributed by atoms with E-state index in [1.807, 2.05) is 0 Å². The number of amides is 1. The van der Waals surface area contributed by atoms with Crippen LogP contribution in [0.25, 0.3) is 0 Å². The second-order valence-electron chi connectivity index (χ2n) is 3.92. The summed E-state index contributed by atoms with van der Waals surface area (Å²) in [6, 6.07) is 4.96. The smallest absolute Gasteiger partial charge is 0.255 e. The maximum Gasteiger partial charge on any atom is 0.255 e. The van der Waals surface area contributed by atoms with Crippen molar-refractivity contribution in [3.05, 3.63) is 33.8 Å². The van der Waals surface area contributed by atoms with Gasteiger partial charge in [-0.05, 0) is 24.6 Å². The summed E-state index contributed by atoms with van der Waals surface area (Å²) in [6.45, 7) is 1.27. The zero-order chi connectivity index (χ0) is 11.7. The largest absolute Gasteiger partial charge is 0.337 e.